The molecule has 0 unspecified atom stereocenters. The first kappa shape index (κ1) is 13.5. The molecule has 0 atom stereocenters. The van der Waals surface area contributed by atoms with Gasteiger partial charge in [0.25, 0.3) is 0 Å². The van der Waals surface area contributed by atoms with Crippen molar-refractivity contribution in [2.45, 2.75) is 6.54 Å². The molecule has 2 N–H and O–H groups in total. The van der Waals surface area contributed by atoms with Crippen LogP contribution in [-0.2, 0) is 6.54 Å². The summed E-state index contributed by atoms with van der Waals surface area (Å²) in [4.78, 5) is 8.87. The fourth-order valence-corrected chi connectivity index (χ4v) is 2.34. The van der Waals surface area contributed by atoms with Gasteiger partial charge in [-0.25, -0.2) is 4.98 Å². The minimum absolute atomic E-state index is 0.414. The van der Waals surface area contributed by atoms with Gasteiger partial charge in [0.2, 0.25) is 0 Å². The molecule has 3 rings (SSSR count). The van der Waals surface area contributed by atoms with Gasteiger partial charge in [-0.15, -0.1) is 0 Å². The molecule has 0 aliphatic heterocycles. The zero-order valence-corrected chi connectivity index (χ0v) is 12.1. The van der Waals surface area contributed by atoms with E-state index in [-0.39, 0.29) is 0 Å². The number of benzene rings is 1. The van der Waals surface area contributed by atoms with Crippen molar-refractivity contribution in [3.05, 3.63) is 72.3 Å². The molecule has 3 aromatic rings. The Bertz CT molecular complexity index is 765. The Morgan fingerprint density at radius 2 is 1.95 bits per heavy atom. The van der Waals surface area contributed by atoms with E-state index in [9.17, 15) is 0 Å². The predicted octanol–water partition coefficient (Wildman–Crippen LogP) is 2.63. The van der Waals surface area contributed by atoms with Gasteiger partial charge >= 0.3 is 0 Å². The molecule has 0 aliphatic rings. The Morgan fingerprint density at radius 3 is 2.71 bits per heavy atom. The number of rotatable bonds is 4. The lowest BCUT2D eigenvalue weighted by Gasteiger charge is -2.09. The first-order valence-electron chi connectivity index (χ1n) is 6.54. The fourth-order valence-electron chi connectivity index (χ4n) is 2.22. The monoisotopic (exact) mass is 294 g/mol. The summed E-state index contributed by atoms with van der Waals surface area (Å²) >= 11 is 5.02. The lowest BCUT2D eigenvalue weighted by Crippen LogP contribution is -2.10. The highest BCUT2D eigenvalue weighted by Crippen LogP contribution is 2.18. The minimum atomic E-state index is 0.414. The van der Waals surface area contributed by atoms with Crippen molar-refractivity contribution in [1.29, 1.82) is 0 Å². The summed E-state index contributed by atoms with van der Waals surface area (Å²) in [6, 6.07) is 11.8. The van der Waals surface area contributed by atoms with E-state index in [1.165, 1.54) is 0 Å². The number of aromatic nitrogens is 3. The summed E-state index contributed by atoms with van der Waals surface area (Å²) in [5, 5.41) is 0. The lowest BCUT2D eigenvalue weighted by molar-refractivity contribution is 0.806. The summed E-state index contributed by atoms with van der Waals surface area (Å²) in [6.07, 6.45) is 7.29. The van der Waals surface area contributed by atoms with E-state index in [1.54, 1.807) is 18.6 Å². The first-order chi connectivity index (χ1) is 10.2. The van der Waals surface area contributed by atoms with Gasteiger partial charge < -0.3 is 10.3 Å². The van der Waals surface area contributed by atoms with Crippen LogP contribution in [0.1, 0.15) is 11.1 Å². The van der Waals surface area contributed by atoms with Gasteiger partial charge in [-0.1, -0.05) is 30.4 Å². The maximum Gasteiger partial charge on any atom is 0.140 e. The zero-order chi connectivity index (χ0) is 14.7. The van der Waals surface area contributed by atoms with Gasteiger partial charge in [0, 0.05) is 42.5 Å². The molecular weight excluding hydrogens is 280 g/mol. The topological polar surface area (TPSA) is 56.7 Å². The molecule has 0 fully saturated rings. The molecule has 0 amide bonds. The second kappa shape index (κ2) is 5.85. The van der Waals surface area contributed by atoms with Crippen LogP contribution >= 0.6 is 12.2 Å². The second-order valence-electron chi connectivity index (χ2n) is 4.68. The average Bonchev–Trinajstić information content (AvgIpc) is 2.96. The highest BCUT2D eigenvalue weighted by Gasteiger charge is 2.06. The standard InChI is InChI=1S/C16H14N4S/c17-15(21)14-3-1-2-12(10-14)11-20-9-8-19-16(20)13-4-6-18-7-5-13/h1-10H,11H2,(H2,17,21). The van der Waals surface area contributed by atoms with E-state index in [4.69, 9.17) is 18.0 Å². The van der Waals surface area contributed by atoms with Gasteiger partial charge in [0.1, 0.15) is 10.8 Å². The van der Waals surface area contributed by atoms with E-state index < -0.39 is 0 Å². The maximum atomic E-state index is 5.68. The predicted molar refractivity (Wildman–Crippen MR) is 86.9 cm³/mol. The number of pyridine rings is 1. The first-order valence-corrected chi connectivity index (χ1v) is 6.95. The minimum Gasteiger partial charge on any atom is -0.389 e. The molecule has 5 heteroatoms. The van der Waals surface area contributed by atoms with Crippen molar-refractivity contribution < 1.29 is 0 Å². The quantitative estimate of drug-likeness (QED) is 0.752. The maximum absolute atomic E-state index is 5.68. The van der Waals surface area contributed by atoms with Crippen LogP contribution in [0, 0.1) is 0 Å². The van der Waals surface area contributed by atoms with E-state index in [2.05, 4.69) is 20.6 Å². The largest absolute Gasteiger partial charge is 0.389 e. The van der Waals surface area contributed by atoms with Gasteiger partial charge in [-0.05, 0) is 23.8 Å². The van der Waals surface area contributed by atoms with Gasteiger partial charge in [0.05, 0.1) is 0 Å². The summed E-state index contributed by atoms with van der Waals surface area (Å²) in [5.41, 5.74) is 8.74. The molecule has 0 bridgehead atoms. The van der Waals surface area contributed by atoms with Crippen LogP contribution in [-0.4, -0.2) is 19.5 Å². The third kappa shape index (κ3) is 2.98. The van der Waals surface area contributed by atoms with Crippen LogP contribution < -0.4 is 5.73 Å². The summed E-state index contributed by atoms with van der Waals surface area (Å²) in [6.45, 7) is 0.716. The SMILES string of the molecule is NC(=S)c1cccc(Cn2ccnc2-c2ccncc2)c1. The van der Waals surface area contributed by atoms with Crippen LogP contribution in [0.2, 0.25) is 0 Å². The molecule has 104 valence electrons. The summed E-state index contributed by atoms with van der Waals surface area (Å²) in [7, 11) is 0. The average molecular weight is 294 g/mol. The Morgan fingerprint density at radius 1 is 1.14 bits per heavy atom. The molecular formula is C16H14N4S. The van der Waals surface area contributed by atoms with Crippen molar-refractivity contribution in [3.8, 4) is 11.4 Å². The van der Waals surface area contributed by atoms with Crippen LogP contribution in [0.3, 0.4) is 0 Å². The second-order valence-corrected chi connectivity index (χ2v) is 5.12. The van der Waals surface area contributed by atoms with E-state index in [0.29, 0.717) is 11.5 Å². The fraction of sp³-hybridized carbons (Fsp3) is 0.0625. The molecule has 0 aliphatic carbocycles. The third-order valence-corrected chi connectivity index (χ3v) is 3.45. The number of imidazole rings is 1. The van der Waals surface area contributed by atoms with E-state index in [0.717, 1.165) is 22.5 Å². The number of thiocarbonyl (C=S) groups is 1. The smallest absolute Gasteiger partial charge is 0.140 e. The van der Waals surface area contributed by atoms with E-state index >= 15 is 0 Å². The highest BCUT2D eigenvalue weighted by atomic mass is 32.1. The number of hydrogen-bond acceptors (Lipinski definition) is 3. The molecule has 2 heterocycles. The zero-order valence-electron chi connectivity index (χ0n) is 11.3. The Balaban J connectivity index is 1.92. The van der Waals surface area contributed by atoms with Crippen molar-refractivity contribution in [2.24, 2.45) is 5.73 Å². The number of nitrogens with two attached hydrogens (primary N) is 1. The van der Waals surface area contributed by atoms with Gasteiger partial charge in [0.15, 0.2) is 0 Å². The number of nitrogens with zero attached hydrogens (tertiary/aromatic N) is 3. The van der Waals surface area contributed by atoms with Crippen molar-refractivity contribution in [1.82, 2.24) is 14.5 Å². The Labute approximate surface area is 128 Å². The van der Waals surface area contributed by atoms with Crippen LogP contribution in [0.5, 0.6) is 0 Å². The molecule has 0 spiro atoms. The normalized spacial score (nSPS) is 10.5. The van der Waals surface area contributed by atoms with Crippen molar-refractivity contribution in [3.63, 3.8) is 0 Å². The molecule has 0 saturated carbocycles. The van der Waals surface area contributed by atoms with Crippen molar-refractivity contribution >= 4 is 17.2 Å². The van der Waals surface area contributed by atoms with Crippen LogP contribution in [0.15, 0.2) is 61.2 Å². The van der Waals surface area contributed by atoms with E-state index in [1.807, 2.05) is 36.5 Å². The molecule has 21 heavy (non-hydrogen) atoms. The van der Waals surface area contributed by atoms with Gasteiger partial charge in [-0.2, -0.15) is 0 Å². The van der Waals surface area contributed by atoms with Crippen molar-refractivity contribution in [2.75, 3.05) is 0 Å². The lowest BCUT2D eigenvalue weighted by atomic mass is 10.1. The highest BCUT2D eigenvalue weighted by molar-refractivity contribution is 7.80. The third-order valence-electron chi connectivity index (χ3n) is 3.22. The Kier molecular flexibility index (Phi) is 3.75. The molecule has 0 saturated heterocycles. The molecule has 0 radical (unpaired) electrons. The summed E-state index contributed by atoms with van der Waals surface area (Å²) in [5.74, 6) is 0.915. The molecule has 2 aromatic heterocycles. The number of hydrogen-bond donors (Lipinski definition) is 1. The van der Waals surface area contributed by atoms with Crippen LogP contribution in [0.25, 0.3) is 11.4 Å². The van der Waals surface area contributed by atoms with Crippen LogP contribution in [0.4, 0.5) is 0 Å². The Hall–Kier alpha value is -2.53. The molecule has 1 aromatic carbocycles. The molecule has 4 nitrogen and oxygen atoms in total. The van der Waals surface area contributed by atoms with Gasteiger partial charge in [-0.3, -0.25) is 4.98 Å². The summed E-state index contributed by atoms with van der Waals surface area (Å²) < 4.78 is 2.09.